The van der Waals surface area contributed by atoms with Crippen LogP contribution in [0.15, 0.2) is 42.5 Å². The van der Waals surface area contributed by atoms with Crippen molar-refractivity contribution in [1.29, 1.82) is 0 Å². The van der Waals surface area contributed by atoms with E-state index < -0.39 is 0 Å². The minimum atomic E-state index is 0.0220. The lowest BCUT2D eigenvalue weighted by molar-refractivity contribution is 0.103. The molecule has 0 N–H and O–H groups in total. The summed E-state index contributed by atoms with van der Waals surface area (Å²) >= 11 is 0. The number of hydrogen-bond acceptors (Lipinski definition) is 2. The zero-order valence-electron chi connectivity index (χ0n) is 13.4. The molecule has 2 rings (SSSR count). The van der Waals surface area contributed by atoms with Crippen LogP contribution in [0, 0.1) is 6.92 Å². The van der Waals surface area contributed by atoms with Gasteiger partial charge in [0.2, 0.25) is 0 Å². The number of rotatable bonds is 3. The molecule has 0 aliphatic carbocycles. The van der Waals surface area contributed by atoms with E-state index in [-0.39, 0.29) is 11.2 Å². The number of aryl methyl sites for hydroxylation is 1. The third-order valence-corrected chi connectivity index (χ3v) is 3.68. The average molecular weight is 282 g/mol. The number of benzene rings is 2. The molecule has 0 saturated carbocycles. The standard InChI is InChI=1S/C19H22O2/c1-13-6-7-15(12-17(13)21-5)18(20)14-8-10-16(11-9-14)19(2,3)4/h6-12H,1-5H3. The molecule has 0 unspecified atom stereocenters. The number of ether oxygens (including phenoxy) is 1. The predicted molar refractivity (Wildman–Crippen MR) is 86.3 cm³/mol. The van der Waals surface area contributed by atoms with Crippen molar-refractivity contribution in [2.45, 2.75) is 33.1 Å². The molecule has 0 amide bonds. The van der Waals surface area contributed by atoms with Crippen LogP contribution in [0.5, 0.6) is 5.75 Å². The van der Waals surface area contributed by atoms with Gasteiger partial charge in [0, 0.05) is 11.1 Å². The van der Waals surface area contributed by atoms with Crippen molar-refractivity contribution in [2.75, 3.05) is 7.11 Å². The highest BCUT2D eigenvalue weighted by atomic mass is 16.5. The summed E-state index contributed by atoms with van der Waals surface area (Å²) in [7, 11) is 1.62. The Hall–Kier alpha value is -2.09. The summed E-state index contributed by atoms with van der Waals surface area (Å²) < 4.78 is 5.28. The minimum Gasteiger partial charge on any atom is -0.496 e. The van der Waals surface area contributed by atoms with Crippen molar-refractivity contribution < 1.29 is 9.53 Å². The van der Waals surface area contributed by atoms with E-state index in [0.29, 0.717) is 11.1 Å². The van der Waals surface area contributed by atoms with Crippen LogP contribution < -0.4 is 4.74 Å². The number of carbonyl (C=O) groups is 1. The zero-order valence-corrected chi connectivity index (χ0v) is 13.4. The Bertz CT molecular complexity index is 646. The summed E-state index contributed by atoms with van der Waals surface area (Å²) in [4.78, 5) is 12.5. The van der Waals surface area contributed by atoms with Gasteiger partial charge in [0.25, 0.3) is 0 Å². The first-order valence-corrected chi connectivity index (χ1v) is 7.13. The quantitative estimate of drug-likeness (QED) is 0.773. The highest BCUT2D eigenvalue weighted by molar-refractivity contribution is 6.09. The highest BCUT2D eigenvalue weighted by Gasteiger charge is 2.15. The maximum atomic E-state index is 12.5. The van der Waals surface area contributed by atoms with E-state index >= 15 is 0 Å². The summed E-state index contributed by atoms with van der Waals surface area (Å²) in [6.45, 7) is 8.45. The second kappa shape index (κ2) is 5.72. The summed E-state index contributed by atoms with van der Waals surface area (Å²) in [5, 5.41) is 0. The fourth-order valence-corrected chi connectivity index (χ4v) is 2.25. The first-order chi connectivity index (χ1) is 9.82. The molecule has 2 aromatic rings. The Morgan fingerprint density at radius 2 is 1.52 bits per heavy atom. The molecule has 0 saturated heterocycles. The third kappa shape index (κ3) is 3.33. The fourth-order valence-electron chi connectivity index (χ4n) is 2.25. The molecule has 0 atom stereocenters. The van der Waals surface area contributed by atoms with E-state index in [4.69, 9.17) is 4.74 Å². The lowest BCUT2D eigenvalue weighted by atomic mass is 9.86. The van der Waals surface area contributed by atoms with Crippen LogP contribution in [0.1, 0.15) is 47.8 Å². The van der Waals surface area contributed by atoms with Crippen LogP contribution in [-0.4, -0.2) is 12.9 Å². The number of carbonyl (C=O) groups excluding carboxylic acids is 1. The molecule has 0 aliphatic heterocycles. The minimum absolute atomic E-state index is 0.0220. The summed E-state index contributed by atoms with van der Waals surface area (Å²) in [5.74, 6) is 0.765. The Morgan fingerprint density at radius 3 is 2.05 bits per heavy atom. The number of ketones is 1. The van der Waals surface area contributed by atoms with Crippen LogP contribution in [0.2, 0.25) is 0 Å². The zero-order chi connectivity index (χ0) is 15.6. The summed E-state index contributed by atoms with van der Waals surface area (Å²) in [6, 6.07) is 13.4. The molecule has 110 valence electrons. The van der Waals surface area contributed by atoms with Crippen molar-refractivity contribution in [3.05, 3.63) is 64.7 Å². The first kappa shape index (κ1) is 15.3. The second-order valence-electron chi connectivity index (χ2n) is 6.34. The van der Waals surface area contributed by atoms with Gasteiger partial charge in [-0.3, -0.25) is 4.79 Å². The molecule has 0 radical (unpaired) electrons. The Kier molecular flexibility index (Phi) is 4.17. The van der Waals surface area contributed by atoms with Gasteiger partial charge in [0.15, 0.2) is 5.78 Å². The fraction of sp³-hybridized carbons (Fsp3) is 0.316. The lowest BCUT2D eigenvalue weighted by Gasteiger charge is -2.19. The molecule has 2 nitrogen and oxygen atoms in total. The van der Waals surface area contributed by atoms with Crippen LogP contribution in [0.3, 0.4) is 0 Å². The van der Waals surface area contributed by atoms with Gasteiger partial charge in [-0.1, -0.05) is 57.2 Å². The van der Waals surface area contributed by atoms with Gasteiger partial charge >= 0.3 is 0 Å². The molecular formula is C19H22O2. The Labute approximate surface area is 126 Å². The van der Waals surface area contributed by atoms with E-state index in [9.17, 15) is 4.79 Å². The number of hydrogen-bond donors (Lipinski definition) is 0. The van der Waals surface area contributed by atoms with Crippen LogP contribution >= 0.6 is 0 Å². The van der Waals surface area contributed by atoms with E-state index in [2.05, 4.69) is 20.8 Å². The second-order valence-corrected chi connectivity index (χ2v) is 6.34. The Morgan fingerprint density at radius 1 is 0.952 bits per heavy atom. The van der Waals surface area contributed by atoms with Crippen molar-refractivity contribution in [3.63, 3.8) is 0 Å². The van der Waals surface area contributed by atoms with Gasteiger partial charge in [-0.25, -0.2) is 0 Å². The molecule has 0 fully saturated rings. The highest BCUT2D eigenvalue weighted by Crippen LogP contribution is 2.24. The smallest absolute Gasteiger partial charge is 0.193 e. The molecule has 0 aromatic heterocycles. The van der Waals surface area contributed by atoms with Crippen LogP contribution in [-0.2, 0) is 5.41 Å². The van der Waals surface area contributed by atoms with Crippen molar-refractivity contribution in [2.24, 2.45) is 0 Å². The topological polar surface area (TPSA) is 26.3 Å². The Balaban J connectivity index is 2.32. The average Bonchev–Trinajstić information content (AvgIpc) is 2.46. The molecule has 2 aromatic carbocycles. The van der Waals surface area contributed by atoms with Gasteiger partial charge in [0.05, 0.1) is 7.11 Å². The molecule has 0 heterocycles. The first-order valence-electron chi connectivity index (χ1n) is 7.13. The van der Waals surface area contributed by atoms with Crippen molar-refractivity contribution in [1.82, 2.24) is 0 Å². The van der Waals surface area contributed by atoms with Gasteiger partial charge in [-0.2, -0.15) is 0 Å². The summed E-state index contributed by atoms with van der Waals surface area (Å²) in [5.41, 5.74) is 3.70. The van der Waals surface area contributed by atoms with E-state index in [1.54, 1.807) is 13.2 Å². The van der Waals surface area contributed by atoms with Crippen LogP contribution in [0.4, 0.5) is 0 Å². The van der Waals surface area contributed by atoms with Gasteiger partial charge in [0.1, 0.15) is 5.75 Å². The van der Waals surface area contributed by atoms with Gasteiger partial charge in [-0.05, 0) is 29.5 Å². The molecule has 21 heavy (non-hydrogen) atoms. The van der Waals surface area contributed by atoms with Crippen molar-refractivity contribution >= 4 is 5.78 Å². The monoisotopic (exact) mass is 282 g/mol. The van der Waals surface area contributed by atoms with E-state index in [1.165, 1.54) is 5.56 Å². The lowest BCUT2D eigenvalue weighted by Crippen LogP contribution is -2.11. The number of methoxy groups -OCH3 is 1. The molecule has 0 spiro atoms. The van der Waals surface area contributed by atoms with E-state index in [1.807, 2.05) is 43.3 Å². The van der Waals surface area contributed by atoms with Crippen molar-refractivity contribution in [3.8, 4) is 5.75 Å². The van der Waals surface area contributed by atoms with Crippen LogP contribution in [0.25, 0.3) is 0 Å². The van der Waals surface area contributed by atoms with E-state index in [0.717, 1.165) is 11.3 Å². The molecule has 2 heteroatoms. The SMILES string of the molecule is COc1cc(C(=O)c2ccc(C(C)(C)C)cc2)ccc1C. The third-order valence-electron chi connectivity index (χ3n) is 3.68. The van der Waals surface area contributed by atoms with Gasteiger partial charge < -0.3 is 4.74 Å². The maximum absolute atomic E-state index is 12.5. The predicted octanol–water partition coefficient (Wildman–Crippen LogP) is 4.53. The molecular weight excluding hydrogens is 260 g/mol. The largest absolute Gasteiger partial charge is 0.496 e. The summed E-state index contributed by atoms with van der Waals surface area (Å²) in [6.07, 6.45) is 0. The maximum Gasteiger partial charge on any atom is 0.193 e. The normalized spacial score (nSPS) is 11.3. The van der Waals surface area contributed by atoms with Gasteiger partial charge in [-0.15, -0.1) is 0 Å². The molecule has 0 bridgehead atoms. The molecule has 0 aliphatic rings.